The van der Waals surface area contributed by atoms with Gasteiger partial charge in [-0.3, -0.25) is 9.69 Å². The number of carbonyl (C=O) groups excluding carboxylic acids is 1. The molecule has 3 N–H and O–H groups in total. The Morgan fingerprint density at radius 1 is 1.27 bits per heavy atom. The Hall–Kier alpha value is -1.70. The van der Waals surface area contributed by atoms with Gasteiger partial charge in [0.15, 0.2) is 0 Å². The predicted molar refractivity (Wildman–Crippen MR) is 97.5 cm³/mol. The van der Waals surface area contributed by atoms with Crippen molar-refractivity contribution >= 4 is 11.6 Å². The summed E-state index contributed by atoms with van der Waals surface area (Å²) >= 11 is 0. The Morgan fingerprint density at radius 3 is 2.69 bits per heavy atom. The predicted octanol–water partition coefficient (Wildman–Crippen LogP) is 1.02. The van der Waals surface area contributed by atoms with Gasteiger partial charge >= 0.3 is 0 Å². The summed E-state index contributed by atoms with van der Waals surface area (Å²) in [6.07, 6.45) is 2.47. The third kappa shape index (κ3) is 3.70. The molecule has 1 aromatic carbocycles. The van der Waals surface area contributed by atoms with Gasteiger partial charge in [0.2, 0.25) is 0 Å². The number of nitrogens with one attached hydrogen (secondary N) is 1. The maximum atomic E-state index is 14.6. The van der Waals surface area contributed by atoms with E-state index in [4.69, 9.17) is 10.5 Å². The molecule has 6 nitrogen and oxygen atoms in total. The van der Waals surface area contributed by atoms with Gasteiger partial charge in [-0.2, -0.15) is 0 Å². The van der Waals surface area contributed by atoms with Gasteiger partial charge in [0.1, 0.15) is 5.82 Å². The molecule has 1 amide bonds. The second kappa shape index (κ2) is 7.50. The molecular formula is C19H27FN4O2. The summed E-state index contributed by atoms with van der Waals surface area (Å²) in [6, 6.07) is 4.86. The highest BCUT2D eigenvalue weighted by Gasteiger charge is 2.42. The average molecular weight is 362 g/mol. The van der Waals surface area contributed by atoms with E-state index in [1.807, 2.05) is 4.90 Å². The van der Waals surface area contributed by atoms with Gasteiger partial charge < -0.3 is 20.7 Å². The molecule has 0 bridgehead atoms. The molecule has 0 spiro atoms. The van der Waals surface area contributed by atoms with Crippen molar-refractivity contribution in [3.63, 3.8) is 0 Å². The Labute approximate surface area is 153 Å². The van der Waals surface area contributed by atoms with Crippen molar-refractivity contribution < 1.29 is 13.9 Å². The fraction of sp³-hybridized carbons (Fsp3) is 0.632. The summed E-state index contributed by atoms with van der Waals surface area (Å²) in [5, 5.41) is 3.12. The van der Waals surface area contributed by atoms with Crippen LogP contribution in [0.5, 0.6) is 0 Å². The lowest BCUT2D eigenvalue weighted by Gasteiger charge is -2.29. The lowest BCUT2D eigenvalue weighted by Crippen LogP contribution is -2.41. The van der Waals surface area contributed by atoms with Gasteiger partial charge in [0.05, 0.1) is 18.9 Å². The maximum Gasteiger partial charge on any atom is 0.251 e. The van der Waals surface area contributed by atoms with Gasteiger partial charge in [-0.15, -0.1) is 0 Å². The first-order valence-electron chi connectivity index (χ1n) is 9.51. The van der Waals surface area contributed by atoms with E-state index in [9.17, 15) is 9.18 Å². The van der Waals surface area contributed by atoms with Crippen LogP contribution in [0.1, 0.15) is 23.2 Å². The number of halogens is 1. The average Bonchev–Trinajstić information content (AvgIpc) is 3.43. The summed E-state index contributed by atoms with van der Waals surface area (Å²) < 4.78 is 19.9. The molecule has 1 saturated carbocycles. The van der Waals surface area contributed by atoms with E-state index in [2.05, 4.69) is 10.2 Å². The normalized spacial score (nSPS) is 26.9. The first-order valence-corrected chi connectivity index (χ1v) is 9.51. The van der Waals surface area contributed by atoms with Crippen molar-refractivity contribution in [2.24, 2.45) is 17.6 Å². The molecule has 2 saturated heterocycles. The molecule has 0 unspecified atom stereocenters. The van der Waals surface area contributed by atoms with Gasteiger partial charge in [-0.1, -0.05) is 0 Å². The van der Waals surface area contributed by atoms with Gasteiger partial charge in [-0.05, 0) is 42.9 Å². The zero-order valence-electron chi connectivity index (χ0n) is 15.0. The molecule has 7 heteroatoms. The minimum absolute atomic E-state index is 0.0977. The largest absolute Gasteiger partial charge is 0.378 e. The molecule has 0 aromatic heterocycles. The van der Waals surface area contributed by atoms with Crippen molar-refractivity contribution in [2.45, 2.75) is 18.9 Å². The van der Waals surface area contributed by atoms with Crippen LogP contribution in [0.15, 0.2) is 18.2 Å². The summed E-state index contributed by atoms with van der Waals surface area (Å²) in [5.41, 5.74) is 6.69. The highest BCUT2D eigenvalue weighted by atomic mass is 19.1. The fourth-order valence-electron chi connectivity index (χ4n) is 4.18. The molecular weight excluding hydrogens is 335 g/mol. The van der Waals surface area contributed by atoms with Crippen LogP contribution in [0.4, 0.5) is 10.1 Å². The number of carbonyl (C=O) groups is 1. The van der Waals surface area contributed by atoms with Crippen molar-refractivity contribution in [1.29, 1.82) is 0 Å². The number of nitrogens with zero attached hydrogens (tertiary/aromatic N) is 2. The number of rotatable bonds is 5. The summed E-state index contributed by atoms with van der Waals surface area (Å²) in [5.74, 6) is 0.595. The molecule has 26 heavy (non-hydrogen) atoms. The number of hydrogen-bond acceptors (Lipinski definition) is 5. The summed E-state index contributed by atoms with van der Waals surface area (Å²) in [4.78, 5) is 16.8. The molecule has 2 aliphatic heterocycles. The number of benzene rings is 1. The quantitative estimate of drug-likeness (QED) is 0.818. The van der Waals surface area contributed by atoms with Crippen molar-refractivity contribution in [2.75, 3.05) is 51.0 Å². The molecule has 3 fully saturated rings. The second-order valence-electron chi connectivity index (χ2n) is 7.57. The lowest BCUT2D eigenvalue weighted by atomic mass is 9.97. The summed E-state index contributed by atoms with van der Waals surface area (Å²) in [7, 11) is 0. The Balaban J connectivity index is 1.43. The van der Waals surface area contributed by atoms with Crippen molar-refractivity contribution in [3.8, 4) is 0 Å². The van der Waals surface area contributed by atoms with Crippen LogP contribution in [0, 0.1) is 17.7 Å². The van der Waals surface area contributed by atoms with Crippen LogP contribution in [0.3, 0.4) is 0 Å². The molecule has 0 radical (unpaired) electrons. The van der Waals surface area contributed by atoms with E-state index >= 15 is 0 Å². The van der Waals surface area contributed by atoms with Crippen LogP contribution in [0.25, 0.3) is 0 Å². The molecule has 4 rings (SSSR count). The maximum absolute atomic E-state index is 14.6. The van der Waals surface area contributed by atoms with Crippen molar-refractivity contribution in [1.82, 2.24) is 10.2 Å². The van der Waals surface area contributed by atoms with Gasteiger partial charge in [-0.25, -0.2) is 4.39 Å². The third-order valence-corrected chi connectivity index (χ3v) is 5.80. The van der Waals surface area contributed by atoms with Crippen LogP contribution in [-0.2, 0) is 4.74 Å². The number of morpholine rings is 1. The molecule has 142 valence electrons. The molecule has 2 atom stereocenters. The summed E-state index contributed by atoms with van der Waals surface area (Å²) in [6.45, 7) is 4.77. The minimum Gasteiger partial charge on any atom is -0.378 e. The fourth-order valence-corrected chi connectivity index (χ4v) is 4.18. The van der Waals surface area contributed by atoms with Crippen LogP contribution < -0.4 is 16.0 Å². The van der Waals surface area contributed by atoms with Crippen LogP contribution >= 0.6 is 0 Å². The first kappa shape index (κ1) is 17.7. The van der Waals surface area contributed by atoms with Gasteiger partial charge in [0, 0.05) is 44.5 Å². The van der Waals surface area contributed by atoms with E-state index in [1.54, 1.807) is 12.1 Å². The van der Waals surface area contributed by atoms with E-state index in [-0.39, 0.29) is 17.8 Å². The number of anilines is 1. The second-order valence-corrected chi connectivity index (χ2v) is 7.57. The Bertz CT molecular complexity index is 661. The highest BCUT2D eigenvalue weighted by molar-refractivity contribution is 5.94. The standard InChI is InChI=1S/C19H27FN4O2/c20-16-9-14(3-4-18(16)24-5-7-26-8-6-24)19(25)22-17-11-23(12-21)10-15(17)13-1-2-13/h3-4,9,13,15,17H,1-2,5-8,10-12,21H2,(H,22,25)/t15-,17-/m0/s1. The number of likely N-dealkylation sites (tertiary alicyclic amines) is 1. The molecule has 2 heterocycles. The number of ether oxygens (including phenoxy) is 1. The molecule has 1 aliphatic carbocycles. The topological polar surface area (TPSA) is 70.8 Å². The lowest BCUT2D eigenvalue weighted by molar-refractivity contribution is 0.0927. The van der Waals surface area contributed by atoms with Gasteiger partial charge in [0.25, 0.3) is 5.91 Å². The first-order chi connectivity index (χ1) is 12.7. The Morgan fingerprint density at radius 2 is 2.04 bits per heavy atom. The zero-order chi connectivity index (χ0) is 18.1. The SMILES string of the molecule is NCN1C[C@H](NC(=O)c2ccc(N3CCOCC3)c(F)c2)[C@H](C2CC2)C1. The number of amides is 1. The monoisotopic (exact) mass is 362 g/mol. The number of hydrogen-bond donors (Lipinski definition) is 2. The van der Waals surface area contributed by atoms with E-state index < -0.39 is 0 Å². The van der Waals surface area contributed by atoms with Crippen molar-refractivity contribution in [3.05, 3.63) is 29.6 Å². The van der Waals surface area contributed by atoms with E-state index in [0.29, 0.717) is 56.1 Å². The van der Waals surface area contributed by atoms with E-state index in [0.717, 1.165) is 13.1 Å². The zero-order valence-corrected chi connectivity index (χ0v) is 15.0. The van der Waals surface area contributed by atoms with E-state index in [1.165, 1.54) is 18.9 Å². The highest BCUT2D eigenvalue weighted by Crippen LogP contribution is 2.41. The molecule has 1 aromatic rings. The Kier molecular flexibility index (Phi) is 5.11. The van der Waals surface area contributed by atoms with Crippen LogP contribution in [-0.4, -0.2) is 62.9 Å². The molecule has 3 aliphatic rings. The minimum atomic E-state index is -0.353. The third-order valence-electron chi connectivity index (χ3n) is 5.80. The smallest absolute Gasteiger partial charge is 0.251 e. The van der Waals surface area contributed by atoms with Crippen LogP contribution in [0.2, 0.25) is 0 Å². The number of nitrogens with two attached hydrogens (primary N) is 1.